The molecule has 0 amide bonds. The number of hydrogen-bond donors (Lipinski definition) is 2. The third-order valence-electron chi connectivity index (χ3n) is 9.20. The molecule has 0 saturated carbocycles. The van der Waals surface area contributed by atoms with Crippen molar-refractivity contribution in [3.63, 3.8) is 0 Å². The molecule has 46 heavy (non-hydrogen) atoms. The predicted molar refractivity (Wildman–Crippen MR) is 187 cm³/mol. The van der Waals surface area contributed by atoms with Crippen LogP contribution in [0.25, 0.3) is 38.2 Å². The number of carbonyl (C=O) groups is 1. The number of carboxylic acids is 1. The van der Waals surface area contributed by atoms with Gasteiger partial charge in [-0.2, -0.15) is 8.42 Å². The Bertz CT molecular complexity index is 2200. The van der Waals surface area contributed by atoms with Gasteiger partial charge in [0.05, 0.1) is 10.5 Å². The summed E-state index contributed by atoms with van der Waals surface area (Å²) < 4.78 is 29.6. The number of aromatic carboxylic acids is 1. The van der Waals surface area contributed by atoms with Crippen molar-refractivity contribution >= 4 is 43.2 Å². The second-order valence-electron chi connectivity index (χ2n) is 13.8. The Labute approximate surface area is 270 Å². The second-order valence-corrected chi connectivity index (χ2v) is 15.2. The summed E-state index contributed by atoms with van der Waals surface area (Å²) in [6, 6.07) is 29.3. The van der Waals surface area contributed by atoms with E-state index >= 15 is 0 Å². The molecule has 0 aromatic heterocycles. The first kappa shape index (κ1) is 31.5. The van der Waals surface area contributed by atoms with E-state index in [2.05, 4.69) is 114 Å². The molecule has 6 heteroatoms. The van der Waals surface area contributed by atoms with Crippen molar-refractivity contribution < 1.29 is 22.9 Å². The Kier molecular flexibility index (Phi) is 7.78. The molecular formula is C40H38O5S. The van der Waals surface area contributed by atoms with Gasteiger partial charge in [0.2, 0.25) is 0 Å². The fourth-order valence-electron chi connectivity index (χ4n) is 7.06. The van der Waals surface area contributed by atoms with E-state index in [0.717, 1.165) is 30.7 Å². The van der Waals surface area contributed by atoms with Gasteiger partial charge in [-0.05, 0) is 122 Å². The standard InChI is InChI=1S/C33H32.C7H6O5S/c1-21-16-30-25(18-29(21)24-11-10-22-8-6-7-9-23(22)17-24)12-13-28-27-14-15-32(2,3)19-26(27)20-33(4,5)31(28)30;8-7(9)5-1-3-6(4-2-5)13(10,11)12/h6-18H,19-20H2,1-5H3;1-4H,(H,8,9)(H,10,11,12). The van der Waals surface area contributed by atoms with Crippen LogP contribution >= 0.6 is 0 Å². The molecule has 0 atom stereocenters. The molecule has 7 rings (SSSR count). The van der Waals surface area contributed by atoms with Crippen LogP contribution in [0.5, 0.6) is 0 Å². The van der Waals surface area contributed by atoms with Gasteiger partial charge in [0.15, 0.2) is 0 Å². The van der Waals surface area contributed by atoms with Crippen molar-refractivity contribution in [2.75, 3.05) is 0 Å². The Morgan fingerprint density at radius 3 is 2.11 bits per heavy atom. The molecule has 0 unspecified atom stereocenters. The third-order valence-corrected chi connectivity index (χ3v) is 10.1. The summed E-state index contributed by atoms with van der Waals surface area (Å²) in [4.78, 5) is 10.0. The smallest absolute Gasteiger partial charge is 0.335 e. The summed E-state index contributed by atoms with van der Waals surface area (Å²) in [5, 5.41) is 13.8. The van der Waals surface area contributed by atoms with E-state index in [1.54, 1.807) is 5.57 Å². The van der Waals surface area contributed by atoms with Crippen molar-refractivity contribution in [3.05, 3.63) is 131 Å². The zero-order valence-corrected chi connectivity index (χ0v) is 27.6. The maximum Gasteiger partial charge on any atom is 0.335 e. The van der Waals surface area contributed by atoms with Crippen LogP contribution in [0, 0.1) is 12.3 Å². The Balaban J connectivity index is 0.000000242. The van der Waals surface area contributed by atoms with Gasteiger partial charge in [-0.25, -0.2) is 4.79 Å². The normalized spacial score (nSPS) is 16.4. The molecule has 5 aromatic carbocycles. The van der Waals surface area contributed by atoms with Crippen molar-refractivity contribution in [3.8, 4) is 11.1 Å². The van der Waals surface area contributed by atoms with E-state index in [4.69, 9.17) is 9.66 Å². The summed E-state index contributed by atoms with van der Waals surface area (Å²) in [5.41, 5.74) is 10.4. The molecular weight excluding hydrogens is 593 g/mol. The predicted octanol–water partition coefficient (Wildman–Crippen LogP) is 10.0. The molecule has 0 heterocycles. The Hall–Kier alpha value is -4.52. The highest BCUT2D eigenvalue weighted by atomic mass is 32.2. The SMILES string of the molecule is Cc1cc2c3c(ccc2cc1-c1ccc2ccccc2c1)C1=C(CC(C)(C)C=C1)CC3(C)C.O=C(O)c1ccc(S(=O)(=O)O)cc1. The number of benzene rings is 5. The van der Waals surface area contributed by atoms with Crippen molar-refractivity contribution in [1.82, 2.24) is 0 Å². The van der Waals surface area contributed by atoms with Crippen molar-refractivity contribution in [1.29, 1.82) is 0 Å². The minimum Gasteiger partial charge on any atom is -0.478 e. The van der Waals surface area contributed by atoms with E-state index < -0.39 is 16.1 Å². The molecule has 0 aliphatic heterocycles. The molecule has 5 aromatic rings. The molecule has 2 aliphatic rings. The quantitative estimate of drug-likeness (QED) is 0.194. The van der Waals surface area contributed by atoms with Gasteiger partial charge in [-0.15, -0.1) is 0 Å². The fraction of sp³-hybridized carbons (Fsp3) is 0.225. The van der Waals surface area contributed by atoms with Gasteiger partial charge in [0.1, 0.15) is 0 Å². The van der Waals surface area contributed by atoms with Crippen LogP contribution in [-0.2, 0) is 15.5 Å². The van der Waals surface area contributed by atoms with Crippen molar-refractivity contribution in [2.45, 2.75) is 57.8 Å². The average molecular weight is 631 g/mol. The lowest BCUT2D eigenvalue weighted by molar-refractivity contribution is 0.0696. The lowest BCUT2D eigenvalue weighted by Gasteiger charge is -2.40. The van der Waals surface area contributed by atoms with E-state index in [9.17, 15) is 13.2 Å². The van der Waals surface area contributed by atoms with Crippen molar-refractivity contribution in [2.24, 2.45) is 5.41 Å². The zero-order chi connectivity index (χ0) is 33.0. The van der Waals surface area contributed by atoms with Gasteiger partial charge in [-0.3, -0.25) is 4.55 Å². The number of hydrogen-bond acceptors (Lipinski definition) is 3. The van der Waals surface area contributed by atoms with Gasteiger partial charge in [0, 0.05) is 0 Å². The summed E-state index contributed by atoms with van der Waals surface area (Å²) in [5.74, 6) is -1.15. The van der Waals surface area contributed by atoms with Crippen LogP contribution in [0.2, 0.25) is 0 Å². The maximum atomic E-state index is 10.5. The first-order valence-electron chi connectivity index (χ1n) is 15.4. The van der Waals surface area contributed by atoms with Crippen LogP contribution in [0.15, 0.2) is 114 Å². The molecule has 0 bridgehead atoms. The van der Waals surface area contributed by atoms with Gasteiger partial charge in [0.25, 0.3) is 10.1 Å². The number of allylic oxidation sites excluding steroid dienone is 4. The van der Waals surface area contributed by atoms with Gasteiger partial charge in [-0.1, -0.05) is 100 Å². The molecule has 2 N–H and O–H groups in total. The zero-order valence-electron chi connectivity index (χ0n) is 26.8. The molecule has 5 nitrogen and oxygen atoms in total. The summed E-state index contributed by atoms with van der Waals surface area (Å²) in [6.45, 7) is 11.9. The molecule has 0 spiro atoms. The highest BCUT2D eigenvalue weighted by Gasteiger charge is 2.36. The topological polar surface area (TPSA) is 91.7 Å². The van der Waals surface area contributed by atoms with Gasteiger partial charge >= 0.3 is 5.97 Å². The van der Waals surface area contributed by atoms with Crippen LogP contribution in [0.1, 0.15) is 67.6 Å². The number of fused-ring (bicyclic) bond motifs is 5. The molecule has 0 fully saturated rings. The first-order chi connectivity index (χ1) is 21.6. The minimum absolute atomic E-state index is 0.0348. The minimum atomic E-state index is -4.24. The summed E-state index contributed by atoms with van der Waals surface area (Å²) in [6.07, 6.45) is 7.12. The largest absolute Gasteiger partial charge is 0.478 e. The molecule has 2 aliphatic carbocycles. The van der Waals surface area contributed by atoms with Gasteiger partial charge < -0.3 is 5.11 Å². The highest BCUT2D eigenvalue weighted by Crippen LogP contribution is 2.51. The highest BCUT2D eigenvalue weighted by molar-refractivity contribution is 7.85. The molecule has 0 saturated heterocycles. The van der Waals surface area contributed by atoms with Crippen LogP contribution in [-0.4, -0.2) is 24.0 Å². The van der Waals surface area contributed by atoms with Crippen LogP contribution in [0.4, 0.5) is 0 Å². The van der Waals surface area contributed by atoms with E-state index in [-0.39, 0.29) is 21.3 Å². The first-order valence-corrected chi connectivity index (χ1v) is 16.9. The molecule has 0 radical (unpaired) electrons. The Morgan fingerprint density at radius 2 is 1.43 bits per heavy atom. The van der Waals surface area contributed by atoms with E-state index in [0.29, 0.717) is 0 Å². The van der Waals surface area contributed by atoms with Crippen LogP contribution in [0.3, 0.4) is 0 Å². The summed E-state index contributed by atoms with van der Waals surface area (Å²) >= 11 is 0. The number of rotatable bonds is 3. The number of aryl methyl sites for hydroxylation is 1. The number of carboxylic acid groups (broad SMARTS) is 1. The molecule has 234 valence electrons. The lowest BCUT2D eigenvalue weighted by atomic mass is 9.64. The average Bonchev–Trinajstić information content (AvgIpc) is 2.99. The maximum absolute atomic E-state index is 10.5. The second kappa shape index (κ2) is 11.4. The lowest BCUT2D eigenvalue weighted by Crippen LogP contribution is -2.27. The monoisotopic (exact) mass is 630 g/mol. The van der Waals surface area contributed by atoms with E-state index in [1.807, 2.05) is 0 Å². The third kappa shape index (κ3) is 6.03. The van der Waals surface area contributed by atoms with Crippen LogP contribution < -0.4 is 0 Å². The summed E-state index contributed by atoms with van der Waals surface area (Å²) in [7, 11) is -4.24. The Morgan fingerprint density at radius 1 is 0.761 bits per heavy atom. The van der Waals surface area contributed by atoms with E-state index in [1.165, 1.54) is 61.4 Å². The fourth-order valence-corrected chi connectivity index (χ4v) is 7.54.